The van der Waals surface area contributed by atoms with Gasteiger partial charge in [0.25, 0.3) is 0 Å². The molecule has 0 amide bonds. The lowest BCUT2D eigenvalue weighted by molar-refractivity contribution is 0.307. The highest BCUT2D eigenvalue weighted by Crippen LogP contribution is 2.08. The number of unbranched alkanes of at least 4 members (excludes halogenated alkanes) is 1. The molecule has 1 aromatic rings. The molecule has 0 spiro atoms. The van der Waals surface area contributed by atoms with Crippen LogP contribution in [0.15, 0.2) is 33.5 Å². The van der Waals surface area contributed by atoms with Crippen molar-refractivity contribution in [1.29, 1.82) is 0 Å². The van der Waals surface area contributed by atoms with Crippen LogP contribution in [0.5, 0.6) is 5.75 Å². The number of halogens is 1. The van der Waals surface area contributed by atoms with Crippen LogP contribution in [0.1, 0.15) is 19.8 Å². The van der Waals surface area contributed by atoms with E-state index in [-0.39, 0.29) is 5.43 Å². The zero-order valence-electron chi connectivity index (χ0n) is 8.13. The molecule has 1 aromatic carbocycles. The molecule has 0 aliphatic carbocycles. The molecule has 1 rings (SSSR count). The minimum atomic E-state index is -0.0916. The summed E-state index contributed by atoms with van der Waals surface area (Å²) in [7, 11) is 0. The van der Waals surface area contributed by atoms with Gasteiger partial charge in [-0.25, -0.2) is 0 Å². The normalized spacial score (nSPS) is 9.86. The SMILES string of the molecule is CCCCOc1ccccc(Br)c1=O. The van der Waals surface area contributed by atoms with Gasteiger partial charge in [0.1, 0.15) is 0 Å². The van der Waals surface area contributed by atoms with E-state index in [1.54, 1.807) is 24.3 Å². The molecule has 2 nitrogen and oxygen atoms in total. The van der Waals surface area contributed by atoms with Gasteiger partial charge in [-0.1, -0.05) is 25.5 Å². The van der Waals surface area contributed by atoms with Gasteiger partial charge < -0.3 is 4.74 Å². The Morgan fingerprint density at radius 2 is 2.07 bits per heavy atom. The molecule has 0 aliphatic rings. The lowest BCUT2D eigenvalue weighted by Gasteiger charge is -2.01. The van der Waals surface area contributed by atoms with Gasteiger partial charge in [-0.2, -0.15) is 0 Å². The van der Waals surface area contributed by atoms with Crippen LogP contribution in [0.2, 0.25) is 0 Å². The number of hydrogen-bond donors (Lipinski definition) is 0. The van der Waals surface area contributed by atoms with Crippen LogP contribution in [0.4, 0.5) is 0 Å². The molecule has 0 bridgehead atoms. The molecular weight excluding hydrogens is 244 g/mol. The Kier molecular flexibility index (Phi) is 4.66. The van der Waals surface area contributed by atoms with E-state index in [0.717, 1.165) is 12.8 Å². The van der Waals surface area contributed by atoms with Crippen LogP contribution in [0.3, 0.4) is 0 Å². The predicted molar refractivity (Wildman–Crippen MR) is 60.8 cm³/mol. The van der Waals surface area contributed by atoms with Gasteiger partial charge in [-0.15, -0.1) is 0 Å². The summed E-state index contributed by atoms with van der Waals surface area (Å²) in [6.45, 7) is 2.69. The number of hydrogen-bond acceptors (Lipinski definition) is 2. The summed E-state index contributed by atoms with van der Waals surface area (Å²) in [6.07, 6.45) is 2.03. The molecule has 3 heteroatoms. The van der Waals surface area contributed by atoms with Crippen molar-refractivity contribution < 1.29 is 4.74 Å². The van der Waals surface area contributed by atoms with E-state index in [2.05, 4.69) is 22.9 Å². The topological polar surface area (TPSA) is 26.3 Å². The fraction of sp³-hybridized carbons (Fsp3) is 0.364. The Hall–Kier alpha value is -0.830. The van der Waals surface area contributed by atoms with E-state index >= 15 is 0 Å². The van der Waals surface area contributed by atoms with Gasteiger partial charge in [-0.05, 0) is 34.5 Å². The first kappa shape index (κ1) is 11.2. The third kappa shape index (κ3) is 3.14. The van der Waals surface area contributed by atoms with Crippen molar-refractivity contribution in [1.82, 2.24) is 0 Å². The second-order valence-electron chi connectivity index (χ2n) is 2.96. The largest absolute Gasteiger partial charge is 0.489 e. The molecule has 0 saturated carbocycles. The highest BCUT2D eigenvalue weighted by Gasteiger charge is 2.00. The molecule has 14 heavy (non-hydrogen) atoms. The molecule has 0 N–H and O–H groups in total. The maximum Gasteiger partial charge on any atom is 0.234 e. The van der Waals surface area contributed by atoms with Crippen molar-refractivity contribution in [2.45, 2.75) is 19.8 Å². The van der Waals surface area contributed by atoms with Crippen molar-refractivity contribution in [3.05, 3.63) is 39.0 Å². The predicted octanol–water partition coefficient (Wildman–Crippen LogP) is 2.99. The molecule has 0 fully saturated rings. The summed E-state index contributed by atoms with van der Waals surface area (Å²) in [4.78, 5) is 11.6. The van der Waals surface area contributed by atoms with E-state index in [1.807, 2.05) is 0 Å². The first-order valence-electron chi connectivity index (χ1n) is 4.67. The summed E-state index contributed by atoms with van der Waals surface area (Å²) in [5.41, 5.74) is -0.0916. The fourth-order valence-corrected chi connectivity index (χ4v) is 1.34. The monoisotopic (exact) mass is 256 g/mol. The number of rotatable bonds is 4. The smallest absolute Gasteiger partial charge is 0.234 e. The fourth-order valence-electron chi connectivity index (χ4n) is 0.992. The van der Waals surface area contributed by atoms with Crippen molar-refractivity contribution in [2.75, 3.05) is 6.61 Å². The summed E-state index contributed by atoms with van der Waals surface area (Å²) < 4.78 is 5.91. The average molecular weight is 257 g/mol. The molecule has 0 radical (unpaired) electrons. The maximum absolute atomic E-state index is 11.6. The van der Waals surface area contributed by atoms with Crippen LogP contribution in [-0.4, -0.2) is 6.61 Å². The van der Waals surface area contributed by atoms with Crippen LogP contribution in [0.25, 0.3) is 0 Å². The number of ether oxygens (including phenoxy) is 1. The molecule has 76 valence electrons. The van der Waals surface area contributed by atoms with E-state index in [1.165, 1.54) is 0 Å². The van der Waals surface area contributed by atoms with Crippen molar-refractivity contribution >= 4 is 15.9 Å². The van der Waals surface area contributed by atoms with Gasteiger partial charge in [0.2, 0.25) is 5.43 Å². The molecule has 0 heterocycles. The van der Waals surface area contributed by atoms with Crippen LogP contribution in [-0.2, 0) is 0 Å². The van der Waals surface area contributed by atoms with E-state index < -0.39 is 0 Å². The maximum atomic E-state index is 11.6. The van der Waals surface area contributed by atoms with Gasteiger partial charge in [0, 0.05) is 0 Å². The summed E-state index contributed by atoms with van der Waals surface area (Å²) in [5, 5.41) is 0. The Morgan fingerprint density at radius 1 is 1.36 bits per heavy atom. The van der Waals surface area contributed by atoms with E-state index in [0.29, 0.717) is 16.8 Å². The standard InChI is InChI=1S/C11H13BrO2/c1-2-3-8-14-10-7-5-4-6-9(12)11(10)13/h4-7H,2-3,8H2,1H3. The lowest BCUT2D eigenvalue weighted by atomic mass is 10.3. The summed E-state index contributed by atoms with van der Waals surface area (Å²) in [6, 6.07) is 7.02. The molecule has 0 unspecified atom stereocenters. The Bertz CT molecular complexity index is 350. The minimum Gasteiger partial charge on any atom is -0.489 e. The van der Waals surface area contributed by atoms with E-state index in [9.17, 15) is 4.79 Å². The zero-order chi connectivity index (χ0) is 10.4. The highest BCUT2D eigenvalue weighted by molar-refractivity contribution is 9.10. The average Bonchev–Trinajstić information content (AvgIpc) is 2.33. The quantitative estimate of drug-likeness (QED) is 0.775. The Labute approximate surface area is 92.0 Å². The van der Waals surface area contributed by atoms with Gasteiger partial charge in [-0.3, -0.25) is 4.79 Å². The zero-order valence-corrected chi connectivity index (χ0v) is 9.71. The third-order valence-corrected chi connectivity index (χ3v) is 2.42. The molecule has 0 aliphatic heterocycles. The minimum absolute atomic E-state index is 0.0916. The van der Waals surface area contributed by atoms with Crippen LogP contribution >= 0.6 is 15.9 Å². The Balaban J connectivity index is 2.83. The summed E-state index contributed by atoms with van der Waals surface area (Å²) >= 11 is 3.19. The molecule has 0 saturated heterocycles. The van der Waals surface area contributed by atoms with E-state index in [4.69, 9.17) is 4.74 Å². The molecular formula is C11H13BrO2. The van der Waals surface area contributed by atoms with Gasteiger partial charge in [0.15, 0.2) is 5.75 Å². The van der Waals surface area contributed by atoms with Crippen LogP contribution < -0.4 is 10.2 Å². The van der Waals surface area contributed by atoms with Crippen LogP contribution in [0, 0.1) is 0 Å². The lowest BCUT2D eigenvalue weighted by Crippen LogP contribution is -2.07. The summed E-state index contributed by atoms with van der Waals surface area (Å²) in [5.74, 6) is 0.412. The highest BCUT2D eigenvalue weighted by atomic mass is 79.9. The molecule has 0 aromatic heterocycles. The van der Waals surface area contributed by atoms with Crippen molar-refractivity contribution in [2.24, 2.45) is 0 Å². The van der Waals surface area contributed by atoms with Gasteiger partial charge in [0.05, 0.1) is 11.1 Å². The first-order valence-corrected chi connectivity index (χ1v) is 5.46. The third-order valence-electron chi connectivity index (χ3n) is 1.80. The second-order valence-corrected chi connectivity index (χ2v) is 3.82. The van der Waals surface area contributed by atoms with Crippen molar-refractivity contribution in [3.8, 4) is 5.75 Å². The second kappa shape index (κ2) is 5.81. The Morgan fingerprint density at radius 3 is 2.79 bits per heavy atom. The molecule has 0 atom stereocenters. The van der Waals surface area contributed by atoms with Crippen molar-refractivity contribution in [3.63, 3.8) is 0 Å². The van der Waals surface area contributed by atoms with Gasteiger partial charge >= 0.3 is 0 Å². The first-order chi connectivity index (χ1) is 6.75.